The molecule has 5 heteroatoms. The van der Waals surface area contributed by atoms with Crippen LogP contribution in [-0.4, -0.2) is 20.9 Å². The first-order valence-corrected chi connectivity index (χ1v) is 8.54. The third-order valence-electron chi connectivity index (χ3n) is 4.32. The molecule has 5 nitrogen and oxygen atoms in total. The molecule has 0 atom stereocenters. The summed E-state index contributed by atoms with van der Waals surface area (Å²) in [7, 11) is 3.19. The van der Waals surface area contributed by atoms with Crippen molar-refractivity contribution < 1.29 is 0 Å². The summed E-state index contributed by atoms with van der Waals surface area (Å²) in [5.74, 6) is 0. The van der Waals surface area contributed by atoms with Crippen LogP contribution in [0.15, 0.2) is 57.0 Å². The first-order chi connectivity index (χ1) is 12.2. The molecule has 3 aromatic rings. The Morgan fingerprint density at radius 3 is 2.19 bits per heavy atom. The zero-order valence-corrected chi connectivity index (χ0v) is 15.8. The lowest BCUT2D eigenvalue weighted by Crippen LogP contribution is -2.37. The van der Waals surface area contributed by atoms with Crippen LogP contribution in [-0.2, 0) is 14.1 Å². The predicted molar refractivity (Wildman–Crippen MR) is 107 cm³/mol. The van der Waals surface area contributed by atoms with Crippen LogP contribution < -0.4 is 11.2 Å². The van der Waals surface area contributed by atoms with Gasteiger partial charge in [-0.15, -0.1) is 0 Å². The summed E-state index contributed by atoms with van der Waals surface area (Å²) >= 11 is 0. The first kappa shape index (κ1) is 17.9. The Kier molecular flexibility index (Phi) is 4.40. The van der Waals surface area contributed by atoms with E-state index in [4.69, 9.17) is 0 Å². The van der Waals surface area contributed by atoms with Gasteiger partial charge < -0.3 is 0 Å². The van der Waals surface area contributed by atoms with Crippen molar-refractivity contribution in [3.8, 4) is 11.1 Å². The maximum atomic E-state index is 13.0. The minimum absolute atomic E-state index is 0.225. The van der Waals surface area contributed by atoms with Gasteiger partial charge in [-0.05, 0) is 32.4 Å². The van der Waals surface area contributed by atoms with E-state index >= 15 is 0 Å². The fourth-order valence-corrected chi connectivity index (χ4v) is 2.97. The number of aliphatic imine (C=N–C) groups is 1. The Morgan fingerprint density at radius 2 is 1.58 bits per heavy atom. The molecule has 0 N–H and O–H groups in total. The predicted octanol–water partition coefficient (Wildman–Crippen LogP) is 3.12. The second-order valence-electron chi connectivity index (χ2n) is 7.42. The summed E-state index contributed by atoms with van der Waals surface area (Å²) in [4.78, 5) is 29.9. The van der Waals surface area contributed by atoms with Crippen LogP contribution in [0.2, 0.25) is 0 Å². The summed E-state index contributed by atoms with van der Waals surface area (Å²) < 4.78 is 2.66. The quantitative estimate of drug-likeness (QED) is 0.668. The minimum Gasteiger partial charge on any atom is -0.296 e. The second-order valence-corrected chi connectivity index (χ2v) is 7.42. The molecule has 0 spiro atoms. The maximum absolute atomic E-state index is 13.0. The normalized spacial score (nSPS) is 12.2. The van der Waals surface area contributed by atoms with Gasteiger partial charge in [0.2, 0.25) is 0 Å². The highest BCUT2D eigenvalue weighted by atomic mass is 16.2. The SMILES string of the molecule is Cn1c(=O)c2c(-c3ccccc3)c(C=NC(C)(C)C)ccc2n(C)c1=O. The molecule has 3 rings (SSSR count). The van der Waals surface area contributed by atoms with Crippen molar-refractivity contribution in [2.45, 2.75) is 26.3 Å². The molecule has 0 aliphatic rings. The Balaban J connectivity index is 2.49. The van der Waals surface area contributed by atoms with E-state index in [-0.39, 0.29) is 16.8 Å². The summed E-state index contributed by atoms with van der Waals surface area (Å²) in [5, 5.41) is 0.527. The van der Waals surface area contributed by atoms with E-state index < -0.39 is 0 Å². The Morgan fingerprint density at radius 1 is 0.923 bits per heavy atom. The van der Waals surface area contributed by atoms with Crippen LogP contribution in [0.5, 0.6) is 0 Å². The van der Waals surface area contributed by atoms with Crippen molar-refractivity contribution in [1.29, 1.82) is 0 Å². The summed E-state index contributed by atoms with van der Waals surface area (Å²) in [6.07, 6.45) is 1.81. The highest BCUT2D eigenvalue weighted by Gasteiger charge is 2.17. The van der Waals surface area contributed by atoms with Crippen LogP contribution in [0.1, 0.15) is 26.3 Å². The third kappa shape index (κ3) is 3.12. The molecule has 0 fully saturated rings. The maximum Gasteiger partial charge on any atom is 0.330 e. The third-order valence-corrected chi connectivity index (χ3v) is 4.32. The fourth-order valence-electron chi connectivity index (χ4n) is 2.97. The number of hydrogen-bond acceptors (Lipinski definition) is 3. The molecular formula is C21H23N3O2. The van der Waals surface area contributed by atoms with Gasteiger partial charge in [-0.3, -0.25) is 18.9 Å². The van der Waals surface area contributed by atoms with Gasteiger partial charge in [0.25, 0.3) is 5.56 Å². The monoisotopic (exact) mass is 349 g/mol. The van der Waals surface area contributed by atoms with Crippen molar-refractivity contribution in [3.05, 3.63) is 68.9 Å². The largest absolute Gasteiger partial charge is 0.330 e. The van der Waals surface area contributed by atoms with E-state index in [9.17, 15) is 9.59 Å². The standard InChI is InChI=1S/C21H23N3O2/c1-21(2,3)22-13-15-11-12-16-18(17(15)14-9-7-6-8-10-14)19(25)24(5)20(26)23(16)4/h6-13H,1-5H3. The molecule has 0 radical (unpaired) electrons. The number of fused-ring (bicyclic) bond motifs is 1. The molecule has 0 amide bonds. The van der Waals surface area contributed by atoms with E-state index in [1.54, 1.807) is 7.05 Å². The summed E-state index contributed by atoms with van der Waals surface area (Å²) in [5.41, 5.74) is 2.33. The smallest absolute Gasteiger partial charge is 0.296 e. The number of aromatic nitrogens is 2. The Labute approximate surface area is 152 Å². The van der Waals surface area contributed by atoms with Gasteiger partial charge in [0.1, 0.15) is 0 Å². The molecule has 0 bridgehead atoms. The first-order valence-electron chi connectivity index (χ1n) is 8.54. The van der Waals surface area contributed by atoms with Gasteiger partial charge in [-0.2, -0.15) is 0 Å². The molecule has 0 unspecified atom stereocenters. The van der Waals surface area contributed by atoms with Gasteiger partial charge >= 0.3 is 5.69 Å². The van der Waals surface area contributed by atoms with Crippen LogP contribution in [0.25, 0.3) is 22.0 Å². The second kappa shape index (κ2) is 6.41. The van der Waals surface area contributed by atoms with E-state index in [1.807, 2.05) is 69.5 Å². The number of aryl methyl sites for hydroxylation is 1. The lowest BCUT2D eigenvalue weighted by molar-refractivity contribution is 0.587. The minimum atomic E-state index is -0.336. The Bertz CT molecular complexity index is 1110. The van der Waals surface area contributed by atoms with Crippen molar-refractivity contribution in [2.75, 3.05) is 0 Å². The topological polar surface area (TPSA) is 56.4 Å². The van der Waals surface area contributed by atoms with Gasteiger partial charge in [0.05, 0.1) is 16.4 Å². The molecule has 0 aliphatic heterocycles. The van der Waals surface area contributed by atoms with E-state index in [1.165, 1.54) is 11.6 Å². The number of hydrogen-bond donors (Lipinski definition) is 0. The molecule has 26 heavy (non-hydrogen) atoms. The van der Waals surface area contributed by atoms with Crippen LogP contribution in [0, 0.1) is 0 Å². The highest BCUT2D eigenvalue weighted by molar-refractivity contribution is 6.04. The van der Waals surface area contributed by atoms with Crippen molar-refractivity contribution in [1.82, 2.24) is 9.13 Å². The molecule has 0 aliphatic carbocycles. The molecule has 0 saturated heterocycles. The molecule has 134 valence electrons. The van der Waals surface area contributed by atoms with Gasteiger partial charge in [-0.1, -0.05) is 36.4 Å². The van der Waals surface area contributed by atoms with Crippen LogP contribution >= 0.6 is 0 Å². The molecule has 2 aromatic carbocycles. The van der Waals surface area contributed by atoms with Gasteiger partial charge in [-0.25, -0.2) is 4.79 Å². The summed E-state index contributed by atoms with van der Waals surface area (Å²) in [6, 6.07) is 13.5. The fraction of sp³-hybridized carbons (Fsp3) is 0.286. The lowest BCUT2D eigenvalue weighted by Gasteiger charge is -2.15. The van der Waals surface area contributed by atoms with Gasteiger partial charge in [0, 0.05) is 31.4 Å². The van der Waals surface area contributed by atoms with E-state index in [0.717, 1.165) is 21.3 Å². The molecule has 0 saturated carbocycles. The number of benzene rings is 2. The average Bonchev–Trinajstić information content (AvgIpc) is 2.62. The van der Waals surface area contributed by atoms with Crippen molar-refractivity contribution >= 4 is 17.1 Å². The molecule has 1 heterocycles. The Hall–Kier alpha value is -2.95. The molecular weight excluding hydrogens is 326 g/mol. The van der Waals surface area contributed by atoms with Gasteiger partial charge in [0.15, 0.2) is 0 Å². The number of nitrogens with zero attached hydrogens (tertiary/aromatic N) is 3. The zero-order valence-electron chi connectivity index (χ0n) is 15.8. The van der Waals surface area contributed by atoms with E-state index in [2.05, 4.69) is 4.99 Å². The lowest BCUT2D eigenvalue weighted by atomic mass is 9.95. The van der Waals surface area contributed by atoms with Crippen molar-refractivity contribution in [3.63, 3.8) is 0 Å². The van der Waals surface area contributed by atoms with Crippen LogP contribution in [0.4, 0.5) is 0 Å². The highest BCUT2D eigenvalue weighted by Crippen LogP contribution is 2.29. The average molecular weight is 349 g/mol. The zero-order chi connectivity index (χ0) is 19.1. The van der Waals surface area contributed by atoms with Crippen molar-refractivity contribution in [2.24, 2.45) is 19.1 Å². The number of rotatable bonds is 2. The summed E-state index contributed by atoms with van der Waals surface area (Å²) in [6.45, 7) is 6.07. The van der Waals surface area contributed by atoms with E-state index in [0.29, 0.717) is 10.9 Å². The molecule has 1 aromatic heterocycles. The van der Waals surface area contributed by atoms with Crippen LogP contribution in [0.3, 0.4) is 0 Å².